The summed E-state index contributed by atoms with van der Waals surface area (Å²) in [5.74, 6) is -1.25. The zero-order chi connectivity index (χ0) is 18.0. The van der Waals surface area contributed by atoms with Crippen molar-refractivity contribution in [2.45, 2.75) is 0 Å². The van der Waals surface area contributed by atoms with Gasteiger partial charge in [-0.1, -0.05) is 29.8 Å². The highest BCUT2D eigenvalue weighted by atomic mass is 35.5. The summed E-state index contributed by atoms with van der Waals surface area (Å²) in [6.07, 6.45) is 1.58. The Labute approximate surface area is 146 Å². The van der Waals surface area contributed by atoms with Gasteiger partial charge in [-0.25, -0.2) is 4.98 Å². The van der Waals surface area contributed by atoms with Crippen LogP contribution in [0.1, 0.15) is 27.3 Å². The van der Waals surface area contributed by atoms with Crippen molar-refractivity contribution in [2.24, 2.45) is 0 Å². The van der Waals surface area contributed by atoms with Gasteiger partial charge in [0.15, 0.2) is 5.82 Å². The van der Waals surface area contributed by atoms with E-state index < -0.39 is 11.5 Å². The molecule has 7 heteroatoms. The number of halogens is 1. The van der Waals surface area contributed by atoms with Crippen molar-refractivity contribution in [1.29, 1.82) is 5.26 Å². The number of aromatic amines is 1. The lowest BCUT2D eigenvalue weighted by Gasteiger charge is -2.05. The Kier molecular flexibility index (Phi) is 4.33. The maximum Gasteiger partial charge on any atom is 0.259 e. The van der Waals surface area contributed by atoms with Crippen LogP contribution in [0.15, 0.2) is 47.3 Å². The van der Waals surface area contributed by atoms with Gasteiger partial charge >= 0.3 is 0 Å². The van der Waals surface area contributed by atoms with Crippen LogP contribution in [-0.2, 0) is 0 Å². The number of carboxylic acids is 1. The highest BCUT2D eigenvalue weighted by Gasteiger charge is 2.08. The molecule has 0 aliphatic heterocycles. The lowest BCUT2D eigenvalue weighted by atomic mass is 10.1. The molecular weight excluding hydrogens is 342 g/mol. The third-order valence-corrected chi connectivity index (χ3v) is 3.79. The molecule has 0 radical (unpaired) electrons. The Bertz CT molecular complexity index is 1110. The second kappa shape index (κ2) is 6.59. The van der Waals surface area contributed by atoms with Gasteiger partial charge < -0.3 is 14.9 Å². The number of nitrogens with one attached hydrogen (secondary N) is 1. The Hall–Kier alpha value is -3.43. The van der Waals surface area contributed by atoms with E-state index in [0.717, 1.165) is 5.56 Å². The summed E-state index contributed by atoms with van der Waals surface area (Å²) in [6.45, 7) is 0. The number of aromatic carboxylic acids is 1. The lowest BCUT2D eigenvalue weighted by molar-refractivity contribution is -0.255. The lowest BCUT2D eigenvalue weighted by Crippen LogP contribution is -2.22. The van der Waals surface area contributed by atoms with Crippen molar-refractivity contribution >= 4 is 39.6 Å². The van der Waals surface area contributed by atoms with Crippen LogP contribution in [0.3, 0.4) is 0 Å². The minimum absolute atomic E-state index is 0.0799. The van der Waals surface area contributed by atoms with E-state index in [1.807, 2.05) is 6.07 Å². The molecule has 122 valence electrons. The summed E-state index contributed by atoms with van der Waals surface area (Å²) in [5.41, 5.74) is 0.919. The van der Waals surface area contributed by atoms with Crippen LogP contribution in [0.25, 0.3) is 22.0 Å². The summed E-state index contributed by atoms with van der Waals surface area (Å²) in [4.78, 5) is 29.9. The van der Waals surface area contributed by atoms with Gasteiger partial charge in [0.1, 0.15) is 0 Å². The molecule has 0 unspecified atom stereocenters. The zero-order valence-electron chi connectivity index (χ0n) is 12.6. The molecular formula is C18H9ClN3O3-. The SMILES string of the molecule is N#Cc1ccc(/C=C(\Cl)c2nc3cc(C(=O)[O-])ccc3c(=O)[nH]2)cc1. The first kappa shape index (κ1) is 16.4. The van der Waals surface area contributed by atoms with Crippen LogP contribution >= 0.6 is 11.6 Å². The van der Waals surface area contributed by atoms with Crippen LogP contribution in [0.5, 0.6) is 0 Å². The van der Waals surface area contributed by atoms with Gasteiger partial charge in [0.2, 0.25) is 0 Å². The van der Waals surface area contributed by atoms with E-state index in [-0.39, 0.29) is 27.3 Å². The van der Waals surface area contributed by atoms with E-state index in [9.17, 15) is 14.7 Å². The normalized spacial score (nSPS) is 11.3. The van der Waals surface area contributed by atoms with E-state index in [1.165, 1.54) is 18.2 Å². The second-order valence-corrected chi connectivity index (χ2v) is 5.57. The second-order valence-electron chi connectivity index (χ2n) is 5.16. The molecule has 0 spiro atoms. The summed E-state index contributed by atoms with van der Waals surface area (Å²) >= 11 is 6.22. The molecule has 0 aliphatic rings. The first-order chi connectivity index (χ1) is 12.0. The molecule has 1 aromatic heterocycles. The van der Waals surface area contributed by atoms with Crippen molar-refractivity contribution in [1.82, 2.24) is 9.97 Å². The number of rotatable bonds is 3. The van der Waals surface area contributed by atoms with Crippen LogP contribution < -0.4 is 10.7 Å². The average Bonchev–Trinajstić information content (AvgIpc) is 2.61. The van der Waals surface area contributed by atoms with Crippen molar-refractivity contribution in [3.63, 3.8) is 0 Å². The van der Waals surface area contributed by atoms with E-state index >= 15 is 0 Å². The molecule has 1 heterocycles. The number of aromatic nitrogens is 2. The molecule has 2 aromatic carbocycles. The fraction of sp³-hybridized carbons (Fsp3) is 0. The minimum atomic E-state index is -1.36. The van der Waals surface area contributed by atoms with E-state index in [0.29, 0.717) is 5.56 Å². The first-order valence-corrected chi connectivity index (χ1v) is 7.49. The molecule has 0 saturated carbocycles. The number of hydrogen-bond donors (Lipinski definition) is 1. The first-order valence-electron chi connectivity index (χ1n) is 7.11. The molecule has 3 rings (SSSR count). The Morgan fingerprint density at radius 3 is 2.60 bits per heavy atom. The van der Waals surface area contributed by atoms with Crippen molar-refractivity contribution < 1.29 is 9.90 Å². The van der Waals surface area contributed by atoms with Crippen LogP contribution in [0.4, 0.5) is 0 Å². The Morgan fingerprint density at radius 2 is 1.96 bits per heavy atom. The molecule has 0 amide bonds. The van der Waals surface area contributed by atoms with Gasteiger partial charge in [-0.15, -0.1) is 0 Å². The van der Waals surface area contributed by atoms with Crippen LogP contribution in [0.2, 0.25) is 0 Å². The zero-order valence-corrected chi connectivity index (χ0v) is 13.4. The fourth-order valence-electron chi connectivity index (χ4n) is 2.25. The molecule has 6 nitrogen and oxygen atoms in total. The van der Waals surface area contributed by atoms with Crippen LogP contribution in [0, 0.1) is 11.3 Å². The molecule has 0 saturated heterocycles. The monoisotopic (exact) mass is 350 g/mol. The van der Waals surface area contributed by atoms with Gasteiger partial charge in [-0.05, 0) is 41.5 Å². The highest BCUT2D eigenvalue weighted by Crippen LogP contribution is 2.20. The fourth-order valence-corrected chi connectivity index (χ4v) is 2.46. The van der Waals surface area contributed by atoms with Crippen molar-refractivity contribution in [2.75, 3.05) is 0 Å². The van der Waals surface area contributed by atoms with Crippen molar-refractivity contribution in [3.8, 4) is 6.07 Å². The largest absolute Gasteiger partial charge is 0.545 e. The third kappa shape index (κ3) is 3.42. The number of carbonyl (C=O) groups is 1. The third-order valence-electron chi connectivity index (χ3n) is 3.50. The Morgan fingerprint density at radius 1 is 1.24 bits per heavy atom. The number of H-pyrrole nitrogens is 1. The predicted octanol–water partition coefficient (Wildman–Crippen LogP) is 1.90. The molecule has 0 fully saturated rings. The summed E-state index contributed by atoms with van der Waals surface area (Å²) < 4.78 is 0. The Balaban J connectivity index is 2.07. The summed E-state index contributed by atoms with van der Waals surface area (Å²) in [5, 5.41) is 20.2. The summed E-state index contributed by atoms with van der Waals surface area (Å²) in [6, 6.07) is 12.6. The van der Waals surface area contributed by atoms with Gasteiger partial charge in [0, 0.05) is 0 Å². The van der Waals surface area contributed by atoms with Gasteiger partial charge in [-0.2, -0.15) is 5.26 Å². The van der Waals surface area contributed by atoms with Gasteiger partial charge in [-0.3, -0.25) is 4.79 Å². The number of fused-ring (bicyclic) bond motifs is 1. The van der Waals surface area contributed by atoms with E-state index in [4.69, 9.17) is 16.9 Å². The number of carbonyl (C=O) groups excluding carboxylic acids is 1. The maximum absolute atomic E-state index is 12.1. The smallest absolute Gasteiger partial charge is 0.259 e. The molecule has 0 aliphatic carbocycles. The molecule has 3 aromatic rings. The number of nitriles is 1. The maximum atomic E-state index is 12.1. The molecule has 0 bridgehead atoms. The highest BCUT2D eigenvalue weighted by molar-refractivity contribution is 6.50. The standard InChI is InChI=1S/C18H10ClN3O3/c19-14(7-10-1-3-11(9-20)4-2-10)16-21-15-8-12(18(24)25)5-6-13(15)17(23)22-16/h1-8H,(H,24,25)(H,21,22,23)/p-1/b14-7-. The van der Waals surface area contributed by atoms with Gasteiger partial charge in [0.05, 0.1) is 33.5 Å². The quantitative estimate of drug-likeness (QED) is 0.775. The summed E-state index contributed by atoms with van der Waals surface area (Å²) in [7, 11) is 0. The number of benzene rings is 2. The number of nitrogens with zero attached hydrogens (tertiary/aromatic N) is 2. The van der Waals surface area contributed by atoms with E-state index in [1.54, 1.807) is 30.3 Å². The number of hydrogen-bond acceptors (Lipinski definition) is 5. The minimum Gasteiger partial charge on any atom is -0.545 e. The van der Waals surface area contributed by atoms with Gasteiger partial charge in [0.25, 0.3) is 5.56 Å². The molecule has 25 heavy (non-hydrogen) atoms. The van der Waals surface area contributed by atoms with E-state index in [2.05, 4.69) is 9.97 Å². The number of carboxylic acid groups (broad SMARTS) is 1. The average molecular weight is 351 g/mol. The van der Waals surface area contributed by atoms with Crippen molar-refractivity contribution in [3.05, 3.63) is 75.3 Å². The topological polar surface area (TPSA) is 110 Å². The van der Waals surface area contributed by atoms with Crippen LogP contribution in [-0.4, -0.2) is 15.9 Å². The molecule has 0 atom stereocenters. The predicted molar refractivity (Wildman–Crippen MR) is 91.6 cm³/mol. The molecule has 1 N–H and O–H groups in total.